The molecule has 0 aliphatic rings. The summed E-state index contributed by atoms with van der Waals surface area (Å²) < 4.78 is 10.8. The molecule has 0 aliphatic carbocycles. The van der Waals surface area contributed by atoms with Gasteiger partial charge in [0.15, 0.2) is 6.61 Å². The minimum Gasteiger partial charge on any atom is -0.489 e. The summed E-state index contributed by atoms with van der Waals surface area (Å²) in [7, 11) is 0. The number of halogens is 1. The van der Waals surface area contributed by atoms with Crippen LogP contribution in [0.2, 0.25) is 5.02 Å². The lowest BCUT2D eigenvalue weighted by molar-refractivity contribution is -0.124. The van der Waals surface area contributed by atoms with Crippen LogP contribution in [0.25, 0.3) is 0 Å². The Morgan fingerprint density at radius 2 is 1.62 bits per heavy atom. The number of carbonyl (C=O) groups is 2. The minimum atomic E-state index is -0.586. The van der Waals surface area contributed by atoms with Crippen LogP contribution in [0, 0.1) is 0 Å². The van der Waals surface area contributed by atoms with Gasteiger partial charge in [-0.3, -0.25) is 4.79 Å². The van der Waals surface area contributed by atoms with Crippen molar-refractivity contribution < 1.29 is 19.1 Å². The Kier molecular flexibility index (Phi) is 7.25. The lowest BCUT2D eigenvalue weighted by atomic mass is 10.2. The number of hydrogen-bond donors (Lipinski definition) is 1. The Hall–Kier alpha value is -3.31. The van der Waals surface area contributed by atoms with Crippen LogP contribution in [0.1, 0.15) is 21.5 Å². The van der Waals surface area contributed by atoms with Gasteiger partial charge >= 0.3 is 5.97 Å². The lowest BCUT2D eigenvalue weighted by Gasteiger charge is -2.09. The maximum Gasteiger partial charge on any atom is 0.338 e. The molecule has 0 heterocycles. The maximum absolute atomic E-state index is 12.2. The summed E-state index contributed by atoms with van der Waals surface area (Å²) in [4.78, 5) is 24.1. The number of esters is 1. The van der Waals surface area contributed by atoms with E-state index < -0.39 is 5.97 Å². The van der Waals surface area contributed by atoms with Crippen molar-refractivity contribution in [3.63, 3.8) is 0 Å². The third kappa shape index (κ3) is 6.66. The largest absolute Gasteiger partial charge is 0.489 e. The van der Waals surface area contributed by atoms with E-state index in [-0.39, 0.29) is 12.5 Å². The van der Waals surface area contributed by atoms with E-state index in [1.807, 2.05) is 42.5 Å². The van der Waals surface area contributed by atoms with Gasteiger partial charge in [0, 0.05) is 11.6 Å². The number of benzene rings is 3. The van der Waals surface area contributed by atoms with Gasteiger partial charge in [-0.1, -0.05) is 60.1 Å². The summed E-state index contributed by atoms with van der Waals surface area (Å²) in [5, 5.41) is 3.32. The van der Waals surface area contributed by atoms with Crippen molar-refractivity contribution in [3.05, 3.63) is 101 Å². The second-order valence-electron chi connectivity index (χ2n) is 6.28. The van der Waals surface area contributed by atoms with Gasteiger partial charge in [-0.2, -0.15) is 0 Å². The molecule has 0 saturated carbocycles. The van der Waals surface area contributed by atoms with Gasteiger partial charge in [-0.25, -0.2) is 4.79 Å². The predicted molar refractivity (Wildman–Crippen MR) is 111 cm³/mol. The standard InChI is InChI=1S/C23H20ClNO4/c24-20-11-9-17(10-12-20)14-25-22(26)16-29-23(27)19-7-4-8-21(13-19)28-15-18-5-2-1-3-6-18/h1-13H,14-16H2,(H,25,26). The highest BCUT2D eigenvalue weighted by Crippen LogP contribution is 2.16. The molecule has 0 aliphatic heterocycles. The van der Waals surface area contributed by atoms with Gasteiger partial charge in [0.2, 0.25) is 0 Å². The Bertz CT molecular complexity index is 958. The van der Waals surface area contributed by atoms with Crippen molar-refractivity contribution in [2.24, 2.45) is 0 Å². The van der Waals surface area contributed by atoms with Crippen LogP contribution in [0.4, 0.5) is 0 Å². The molecule has 3 aromatic carbocycles. The van der Waals surface area contributed by atoms with Gasteiger partial charge in [0.1, 0.15) is 12.4 Å². The summed E-state index contributed by atoms with van der Waals surface area (Å²) in [5.74, 6) is -0.419. The molecule has 0 bridgehead atoms. The molecular weight excluding hydrogens is 390 g/mol. The van der Waals surface area contributed by atoms with Crippen molar-refractivity contribution in [1.29, 1.82) is 0 Å². The Labute approximate surface area is 174 Å². The monoisotopic (exact) mass is 409 g/mol. The summed E-state index contributed by atoms with van der Waals surface area (Å²) in [5.41, 5.74) is 2.25. The first-order valence-corrected chi connectivity index (χ1v) is 9.43. The van der Waals surface area contributed by atoms with E-state index in [1.165, 1.54) is 0 Å². The van der Waals surface area contributed by atoms with E-state index in [0.29, 0.717) is 29.5 Å². The molecule has 0 aromatic heterocycles. The van der Waals surface area contributed by atoms with E-state index >= 15 is 0 Å². The minimum absolute atomic E-state index is 0.320. The molecular formula is C23H20ClNO4. The van der Waals surface area contributed by atoms with E-state index in [1.54, 1.807) is 36.4 Å². The maximum atomic E-state index is 12.2. The number of carbonyl (C=O) groups excluding carboxylic acids is 2. The number of rotatable bonds is 8. The van der Waals surface area contributed by atoms with Gasteiger partial charge in [0.25, 0.3) is 5.91 Å². The molecule has 0 saturated heterocycles. The summed E-state index contributed by atoms with van der Waals surface area (Å²) in [6.45, 7) is 0.365. The fourth-order valence-electron chi connectivity index (χ4n) is 2.52. The average Bonchev–Trinajstić information content (AvgIpc) is 2.76. The van der Waals surface area contributed by atoms with E-state index in [0.717, 1.165) is 11.1 Å². The predicted octanol–water partition coefficient (Wildman–Crippen LogP) is 4.39. The van der Waals surface area contributed by atoms with Crippen molar-refractivity contribution in [3.8, 4) is 5.75 Å². The van der Waals surface area contributed by atoms with Crippen molar-refractivity contribution in [1.82, 2.24) is 5.32 Å². The number of ether oxygens (including phenoxy) is 2. The van der Waals surface area contributed by atoms with Crippen molar-refractivity contribution in [2.45, 2.75) is 13.2 Å². The second-order valence-corrected chi connectivity index (χ2v) is 6.72. The van der Waals surface area contributed by atoms with Crippen LogP contribution in [-0.2, 0) is 22.7 Å². The zero-order valence-electron chi connectivity index (χ0n) is 15.6. The number of hydrogen-bond acceptors (Lipinski definition) is 4. The molecule has 5 nitrogen and oxygen atoms in total. The Morgan fingerprint density at radius 3 is 2.38 bits per heavy atom. The number of amides is 1. The van der Waals surface area contributed by atoms with Gasteiger partial charge in [-0.05, 0) is 41.5 Å². The highest BCUT2D eigenvalue weighted by atomic mass is 35.5. The molecule has 3 aromatic rings. The summed E-state index contributed by atoms with van der Waals surface area (Å²) in [6.07, 6.45) is 0. The molecule has 1 N–H and O–H groups in total. The van der Waals surface area contributed by atoms with Crippen LogP contribution < -0.4 is 10.1 Å². The van der Waals surface area contributed by atoms with Gasteiger partial charge in [0.05, 0.1) is 5.56 Å². The zero-order valence-corrected chi connectivity index (χ0v) is 16.4. The topological polar surface area (TPSA) is 64.6 Å². The molecule has 0 fully saturated rings. The lowest BCUT2D eigenvalue weighted by Crippen LogP contribution is -2.28. The zero-order chi connectivity index (χ0) is 20.5. The molecule has 29 heavy (non-hydrogen) atoms. The van der Waals surface area contributed by atoms with Crippen LogP contribution >= 0.6 is 11.6 Å². The molecule has 3 rings (SSSR count). The van der Waals surface area contributed by atoms with Crippen LogP contribution in [0.3, 0.4) is 0 Å². The quantitative estimate of drug-likeness (QED) is 0.560. The average molecular weight is 410 g/mol. The molecule has 0 radical (unpaired) electrons. The van der Waals surface area contributed by atoms with Crippen LogP contribution in [0.15, 0.2) is 78.9 Å². The van der Waals surface area contributed by atoms with E-state index in [9.17, 15) is 9.59 Å². The smallest absolute Gasteiger partial charge is 0.338 e. The molecule has 0 unspecified atom stereocenters. The molecule has 1 amide bonds. The number of nitrogens with one attached hydrogen (secondary N) is 1. The summed E-state index contributed by atoms with van der Waals surface area (Å²) in [6, 6.07) is 23.5. The normalized spacial score (nSPS) is 10.2. The third-order valence-corrected chi connectivity index (χ3v) is 4.31. The van der Waals surface area contributed by atoms with E-state index in [4.69, 9.17) is 21.1 Å². The second kappa shape index (κ2) is 10.3. The highest BCUT2D eigenvalue weighted by molar-refractivity contribution is 6.30. The van der Waals surface area contributed by atoms with Crippen molar-refractivity contribution in [2.75, 3.05) is 6.61 Å². The Balaban J connectivity index is 1.46. The van der Waals surface area contributed by atoms with Gasteiger partial charge < -0.3 is 14.8 Å². The molecule has 0 atom stereocenters. The fourth-order valence-corrected chi connectivity index (χ4v) is 2.65. The Morgan fingerprint density at radius 1 is 0.862 bits per heavy atom. The first-order chi connectivity index (χ1) is 14.1. The molecule has 0 spiro atoms. The molecule has 6 heteroatoms. The third-order valence-electron chi connectivity index (χ3n) is 4.06. The molecule has 148 valence electrons. The van der Waals surface area contributed by atoms with E-state index in [2.05, 4.69) is 5.32 Å². The van der Waals surface area contributed by atoms with Crippen molar-refractivity contribution >= 4 is 23.5 Å². The first kappa shape index (κ1) is 20.4. The first-order valence-electron chi connectivity index (χ1n) is 9.05. The summed E-state index contributed by atoms with van der Waals surface area (Å²) >= 11 is 5.83. The van der Waals surface area contributed by atoms with Crippen LogP contribution in [0.5, 0.6) is 5.75 Å². The fraction of sp³-hybridized carbons (Fsp3) is 0.130. The van der Waals surface area contributed by atoms with Crippen LogP contribution in [-0.4, -0.2) is 18.5 Å². The van der Waals surface area contributed by atoms with Gasteiger partial charge in [-0.15, -0.1) is 0 Å². The highest BCUT2D eigenvalue weighted by Gasteiger charge is 2.11. The SMILES string of the molecule is O=C(COC(=O)c1cccc(OCc2ccccc2)c1)NCc1ccc(Cl)cc1.